The molecule has 16 heavy (non-hydrogen) atoms. The van der Waals surface area contributed by atoms with Gasteiger partial charge in [-0.2, -0.15) is 5.26 Å². The van der Waals surface area contributed by atoms with Gasteiger partial charge in [0.2, 0.25) is 0 Å². The van der Waals surface area contributed by atoms with E-state index >= 15 is 0 Å². The molecule has 1 aromatic rings. The first-order valence-electron chi connectivity index (χ1n) is 5.72. The van der Waals surface area contributed by atoms with Crippen molar-refractivity contribution in [2.75, 3.05) is 18.0 Å². The molecule has 0 aliphatic carbocycles. The molecule has 0 unspecified atom stereocenters. The van der Waals surface area contributed by atoms with Gasteiger partial charge in [-0.05, 0) is 31.4 Å². The summed E-state index contributed by atoms with van der Waals surface area (Å²) in [7, 11) is 0. The Labute approximate surface area is 96.5 Å². The van der Waals surface area contributed by atoms with Crippen LogP contribution in [0.1, 0.15) is 24.0 Å². The lowest BCUT2D eigenvalue weighted by Gasteiger charge is -2.34. The van der Waals surface area contributed by atoms with Crippen molar-refractivity contribution < 1.29 is 0 Å². The first kappa shape index (κ1) is 11.0. The van der Waals surface area contributed by atoms with Gasteiger partial charge >= 0.3 is 0 Å². The van der Waals surface area contributed by atoms with Crippen LogP contribution in [0, 0.1) is 18.3 Å². The van der Waals surface area contributed by atoms with Crippen molar-refractivity contribution >= 4 is 5.69 Å². The van der Waals surface area contributed by atoms with Gasteiger partial charge < -0.3 is 10.6 Å². The zero-order valence-corrected chi connectivity index (χ0v) is 9.61. The molecule has 2 rings (SSSR count). The van der Waals surface area contributed by atoms with E-state index in [1.165, 1.54) is 0 Å². The number of hydrogen-bond acceptors (Lipinski definition) is 3. The van der Waals surface area contributed by atoms with Gasteiger partial charge in [-0.15, -0.1) is 0 Å². The number of nitrogens with two attached hydrogens (primary N) is 1. The summed E-state index contributed by atoms with van der Waals surface area (Å²) in [6.45, 7) is 3.92. The third-order valence-electron chi connectivity index (χ3n) is 3.13. The topological polar surface area (TPSA) is 53.0 Å². The lowest BCUT2D eigenvalue weighted by Crippen LogP contribution is -2.43. The molecule has 1 atom stereocenters. The number of aryl methyl sites for hydroxylation is 1. The van der Waals surface area contributed by atoms with Gasteiger partial charge in [-0.3, -0.25) is 0 Å². The third-order valence-corrected chi connectivity index (χ3v) is 3.13. The summed E-state index contributed by atoms with van der Waals surface area (Å²) in [5.74, 6) is 0. The number of nitrogens with zero attached hydrogens (tertiary/aromatic N) is 2. The standard InChI is InChI=1S/C13H17N3/c1-10-4-2-5-11(8-14)13(10)16-7-3-6-12(15)9-16/h2,4-5,12H,3,6-7,9,15H2,1H3/t12-/m1/s1. The summed E-state index contributed by atoms with van der Waals surface area (Å²) < 4.78 is 0. The van der Waals surface area contributed by atoms with E-state index in [0.717, 1.165) is 42.7 Å². The van der Waals surface area contributed by atoms with Gasteiger partial charge in [0.25, 0.3) is 0 Å². The summed E-state index contributed by atoms with van der Waals surface area (Å²) in [6.07, 6.45) is 2.20. The molecular weight excluding hydrogens is 198 g/mol. The smallest absolute Gasteiger partial charge is 0.101 e. The Morgan fingerprint density at radius 1 is 1.50 bits per heavy atom. The third kappa shape index (κ3) is 2.02. The second-order valence-corrected chi connectivity index (χ2v) is 4.43. The molecule has 1 saturated heterocycles. The molecule has 1 aliphatic heterocycles. The van der Waals surface area contributed by atoms with E-state index in [1.54, 1.807) is 0 Å². The lowest BCUT2D eigenvalue weighted by atomic mass is 10.0. The maximum atomic E-state index is 9.13. The van der Waals surface area contributed by atoms with Crippen molar-refractivity contribution in [2.45, 2.75) is 25.8 Å². The summed E-state index contributed by atoms with van der Waals surface area (Å²) in [5, 5.41) is 9.13. The maximum absolute atomic E-state index is 9.13. The highest BCUT2D eigenvalue weighted by Crippen LogP contribution is 2.27. The normalized spacial score (nSPS) is 20.6. The highest BCUT2D eigenvalue weighted by atomic mass is 15.2. The average molecular weight is 215 g/mol. The van der Waals surface area contributed by atoms with Gasteiger partial charge in [0.15, 0.2) is 0 Å². The van der Waals surface area contributed by atoms with Crippen molar-refractivity contribution in [2.24, 2.45) is 5.73 Å². The molecular formula is C13H17N3. The molecule has 3 heteroatoms. The second kappa shape index (κ2) is 4.54. The largest absolute Gasteiger partial charge is 0.369 e. The van der Waals surface area contributed by atoms with Crippen molar-refractivity contribution in [3.63, 3.8) is 0 Å². The Morgan fingerprint density at radius 2 is 2.31 bits per heavy atom. The Balaban J connectivity index is 2.35. The van der Waals surface area contributed by atoms with E-state index < -0.39 is 0 Å². The monoisotopic (exact) mass is 215 g/mol. The summed E-state index contributed by atoms with van der Waals surface area (Å²) >= 11 is 0. The van der Waals surface area contributed by atoms with Gasteiger partial charge in [-0.1, -0.05) is 12.1 Å². The van der Waals surface area contributed by atoms with E-state index in [9.17, 15) is 0 Å². The van der Waals surface area contributed by atoms with Crippen LogP contribution >= 0.6 is 0 Å². The van der Waals surface area contributed by atoms with Crippen molar-refractivity contribution in [1.29, 1.82) is 5.26 Å². The maximum Gasteiger partial charge on any atom is 0.101 e. The van der Waals surface area contributed by atoms with E-state index in [0.29, 0.717) is 0 Å². The zero-order chi connectivity index (χ0) is 11.5. The molecule has 3 nitrogen and oxygen atoms in total. The Kier molecular flexibility index (Phi) is 3.12. The fourth-order valence-corrected chi connectivity index (χ4v) is 2.38. The van der Waals surface area contributed by atoms with Crippen LogP contribution in [0.3, 0.4) is 0 Å². The summed E-state index contributed by atoms with van der Waals surface area (Å²) in [4.78, 5) is 2.25. The highest BCUT2D eigenvalue weighted by molar-refractivity contribution is 5.64. The molecule has 1 aromatic carbocycles. The number of benzene rings is 1. The van der Waals surface area contributed by atoms with Crippen molar-refractivity contribution in [3.05, 3.63) is 29.3 Å². The van der Waals surface area contributed by atoms with Crippen LogP contribution in [0.5, 0.6) is 0 Å². The molecule has 1 aliphatic rings. The van der Waals surface area contributed by atoms with E-state index in [1.807, 2.05) is 12.1 Å². The zero-order valence-electron chi connectivity index (χ0n) is 9.61. The number of piperidine rings is 1. The molecule has 2 N–H and O–H groups in total. The van der Waals surface area contributed by atoms with Crippen LogP contribution in [0.15, 0.2) is 18.2 Å². The fourth-order valence-electron chi connectivity index (χ4n) is 2.38. The average Bonchev–Trinajstić information content (AvgIpc) is 2.28. The SMILES string of the molecule is Cc1cccc(C#N)c1N1CCC[C@@H](N)C1. The van der Waals surface area contributed by atoms with Gasteiger partial charge in [0.1, 0.15) is 6.07 Å². The lowest BCUT2D eigenvalue weighted by molar-refractivity contribution is 0.505. The fraction of sp³-hybridized carbons (Fsp3) is 0.462. The van der Waals surface area contributed by atoms with E-state index in [2.05, 4.69) is 24.0 Å². The Morgan fingerprint density at radius 3 is 3.00 bits per heavy atom. The second-order valence-electron chi connectivity index (χ2n) is 4.43. The van der Waals surface area contributed by atoms with Gasteiger partial charge in [-0.25, -0.2) is 0 Å². The molecule has 1 heterocycles. The number of para-hydroxylation sites is 1. The molecule has 0 saturated carbocycles. The van der Waals surface area contributed by atoms with E-state index in [-0.39, 0.29) is 6.04 Å². The molecule has 0 radical (unpaired) electrons. The van der Waals surface area contributed by atoms with Crippen LogP contribution in [0.4, 0.5) is 5.69 Å². The number of nitriles is 1. The molecule has 1 fully saturated rings. The molecule has 0 aromatic heterocycles. The van der Waals surface area contributed by atoms with Crippen LogP contribution in [-0.2, 0) is 0 Å². The van der Waals surface area contributed by atoms with Crippen LogP contribution in [0.25, 0.3) is 0 Å². The summed E-state index contributed by atoms with van der Waals surface area (Å²) in [6, 6.07) is 8.36. The quantitative estimate of drug-likeness (QED) is 0.777. The Bertz CT molecular complexity index is 420. The minimum atomic E-state index is 0.236. The van der Waals surface area contributed by atoms with Crippen LogP contribution < -0.4 is 10.6 Å². The number of rotatable bonds is 1. The van der Waals surface area contributed by atoms with Gasteiger partial charge in [0, 0.05) is 19.1 Å². The van der Waals surface area contributed by atoms with Crippen molar-refractivity contribution in [1.82, 2.24) is 0 Å². The molecule has 0 spiro atoms. The minimum absolute atomic E-state index is 0.236. The minimum Gasteiger partial charge on any atom is -0.369 e. The first-order chi connectivity index (χ1) is 7.72. The first-order valence-corrected chi connectivity index (χ1v) is 5.72. The number of hydrogen-bond donors (Lipinski definition) is 1. The predicted octanol–water partition coefficient (Wildman–Crippen LogP) is 1.79. The van der Waals surface area contributed by atoms with Crippen molar-refractivity contribution in [3.8, 4) is 6.07 Å². The van der Waals surface area contributed by atoms with E-state index in [4.69, 9.17) is 11.0 Å². The molecule has 0 bridgehead atoms. The summed E-state index contributed by atoms with van der Waals surface area (Å²) in [5.41, 5.74) is 8.97. The molecule has 0 amide bonds. The number of anilines is 1. The Hall–Kier alpha value is -1.53. The van der Waals surface area contributed by atoms with Crippen LogP contribution in [-0.4, -0.2) is 19.1 Å². The predicted molar refractivity (Wildman–Crippen MR) is 65.3 cm³/mol. The highest BCUT2D eigenvalue weighted by Gasteiger charge is 2.20. The molecule has 84 valence electrons. The van der Waals surface area contributed by atoms with Crippen LogP contribution in [0.2, 0.25) is 0 Å². The van der Waals surface area contributed by atoms with Gasteiger partial charge in [0.05, 0.1) is 11.3 Å².